The Balaban J connectivity index is 1.68. The van der Waals surface area contributed by atoms with Crippen LogP contribution in [0.5, 0.6) is 0 Å². The van der Waals surface area contributed by atoms with Gasteiger partial charge >= 0.3 is 0 Å². The molecule has 0 aliphatic carbocycles. The summed E-state index contributed by atoms with van der Waals surface area (Å²) in [5.41, 5.74) is 0.697. The summed E-state index contributed by atoms with van der Waals surface area (Å²) >= 11 is 0. The minimum Gasteiger partial charge on any atom is -0.447 e. The summed E-state index contributed by atoms with van der Waals surface area (Å²) in [6.45, 7) is 1.78. The maximum atomic E-state index is 12.2. The second-order valence-electron chi connectivity index (χ2n) is 5.26. The Morgan fingerprint density at radius 1 is 1.13 bits per heavy atom. The van der Waals surface area contributed by atoms with E-state index in [0.717, 1.165) is 11.3 Å². The largest absolute Gasteiger partial charge is 0.447 e. The van der Waals surface area contributed by atoms with E-state index < -0.39 is 11.8 Å². The summed E-state index contributed by atoms with van der Waals surface area (Å²) in [7, 11) is 0. The maximum absolute atomic E-state index is 12.2. The summed E-state index contributed by atoms with van der Waals surface area (Å²) in [5, 5.41) is 0. The van der Waals surface area contributed by atoms with Gasteiger partial charge in [0.25, 0.3) is 11.8 Å². The molecule has 0 fully saturated rings. The number of ether oxygens (including phenoxy) is 1. The fourth-order valence-corrected chi connectivity index (χ4v) is 2.58. The first-order valence-corrected chi connectivity index (χ1v) is 7.39. The number of hydrogen-bond donors (Lipinski definition) is 0. The smallest absolute Gasteiger partial charge is 0.261 e. The van der Waals surface area contributed by atoms with Crippen molar-refractivity contribution in [2.45, 2.75) is 13.3 Å². The molecule has 0 saturated heterocycles. The molecule has 0 unspecified atom stereocenters. The lowest BCUT2D eigenvalue weighted by atomic mass is 10.1. The molecule has 1 aromatic rings. The number of carbonyl (C=O) groups excluding carboxylic acids is 3. The molecule has 2 aliphatic rings. The van der Waals surface area contributed by atoms with Gasteiger partial charge in [-0.1, -0.05) is 19.1 Å². The number of nitrogens with zero attached hydrogens (tertiary/aromatic N) is 2. The highest BCUT2D eigenvalue weighted by molar-refractivity contribution is 6.22. The van der Waals surface area contributed by atoms with Gasteiger partial charge in [0, 0.05) is 6.20 Å². The van der Waals surface area contributed by atoms with Gasteiger partial charge in [-0.3, -0.25) is 19.3 Å². The van der Waals surface area contributed by atoms with Crippen LogP contribution < -0.4 is 0 Å². The number of allylic oxidation sites excluding steroid dienone is 1. The molecule has 0 atom stereocenters. The molecule has 3 rings (SSSR count). The number of imide groups is 1. The first-order valence-electron chi connectivity index (χ1n) is 7.39. The van der Waals surface area contributed by atoms with Crippen molar-refractivity contribution in [2.24, 2.45) is 0 Å². The Bertz CT molecular complexity index is 701. The Labute approximate surface area is 133 Å². The molecule has 2 aliphatic heterocycles. The van der Waals surface area contributed by atoms with Gasteiger partial charge in [-0.15, -0.1) is 0 Å². The molecule has 6 nitrogen and oxygen atoms in total. The first kappa shape index (κ1) is 15.0. The predicted octanol–water partition coefficient (Wildman–Crippen LogP) is 1.91. The molecular weight excluding hydrogens is 296 g/mol. The number of fused-ring (bicyclic) bond motifs is 1. The number of hydrogen-bond acceptors (Lipinski definition) is 5. The van der Waals surface area contributed by atoms with Gasteiger partial charge in [0.05, 0.1) is 24.2 Å². The number of benzene rings is 1. The number of carbonyl (C=O) groups is 3. The Kier molecular flexibility index (Phi) is 3.97. The zero-order valence-electron chi connectivity index (χ0n) is 12.7. The highest BCUT2D eigenvalue weighted by Crippen LogP contribution is 2.22. The summed E-state index contributed by atoms with van der Waals surface area (Å²) in [6, 6.07) is 6.59. The molecule has 0 N–H and O–H groups in total. The average molecular weight is 312 g/mol. The lowest BCUT2D eigenvalue weighted by Gasteiger charge is -2.18. The van der Waals surface area contributed by atoms with Crippen LogP contribution in [0, 0.1) is 0 Å². The standard InChI is InChI=1S/C17H16N2O4/c1-2-5-15-18(8-9-23-15)10-12(20)11-19-16(21)13-6-3-4-7-14(13)17(19)22/h3-9H,2,10-11H2,1H3/b15-5+. The van der Waals surface area contributed by atoms with Crippen LogP contribution in [0.2, 0.25) is 0 Å². The van der Waals surface area contributed by atoms with E-state index in [2.05, 4.69) is 0 Å². The second-order valence-corrected chi connectivity index (χ2v) is 5.26. The summed E-state index contributed by atoms with van der Waals surface area (Å²) < 4.78 is 5.28. The van der Waals surface area contributed by atoms with Crippen LogP contribution in [0.4, 0.5) is 0 Å². The van der Waals surface area contributed by atoms with Crippen molar-refractivity contribution in [3.05, 3.63) is 59.8 Å². The highest BCUT2D eigenvalue weighted by atomic mass is 16.5. The molecule has 1 aromatic carbocycles. The Morgan fingerprint density at radius 3 is 2.39 bits per heavy atom. The molecule has 2 heterocycles. The van der Waals surface area contributed by atoms with Gasteiger partial charge < -0.3 is 9.64 Å². The third kappa shape index (κ3) is 2.75. The number of amides is 2. The van der Waals surface area contributed by atoms with Crippen molar-refractivity contribution in [2.75, 3.05) is 13.1 Å². The fourth-order valence-electron chi connectivity index (χ4n) is 2.58. The van der Waals surface area contributed by atoms with Crippen LogP contribution in [0.3, 0.4) is 0 Å². The second kappa shape index (κ2) is 6.08. The van der Waals surface area contributed by atoms with Crippen LogP contribution in [0.1, 0.15) is 34.1 Å². The molecule has 118 valence electrons. The molecule has 0 radical (unpaired) electrons. The number of rotatable bonds is 5. The van der Waals surface area contributed by atoms with E-state index in [0.29, 0.717) is 17.0 Å². The molecule has 2 amide bonds. The third-order valence-corrected chi connectivity index (χ3v) is 3.65. The average Bonchev–Trinajstić information content (AvgIpc) is 3.07. The van der Waals surface area contributed by atoms with Crippen molar-refractivity contribution in [3.8, 4) is 0 Å². The summed E-state index contributed by atoms with van der Waals surface area (Å²) in [5.74, 6) is -0.493. The van der Waals surface area contributed by atoms with Crippen LogP contribution in [0.15, 0.2) is 48.7 Å². The quantitative estimate of drug-likeness (QED) is 0.777. The Hall–Kier alpha value is -2.89. The Morgan fingerprint density at radius 2 is 1.78 bits per heavy atom. The lowest BCUT2D eigenvalue weighted by Crippen LogP contribution is -2.38. The highest BCUT2D eigenvalue weighted by Gasteiger charge is 2.36. The fraction of sp³-hybridized carbons (Fsp3) is 0.235. The van der Waals surface area contributed by atoms with E-state index in [9.17, 15) is 14.4 Å². The third-order valence-electron chi connectivity index (χ3n) is 3.65. The van der Waals surface area contributed by atoms with E-state index in [1.54, 1.807) is 35.4 Å². The van der Waals surface area contributed by atoms with Crippen molar-refractivity contribution < 1.29 is 19.1 Å². The zero-order chi connectivity index (χ0) is 16.4. The SMILES string of the molecule is CC/C=C1/OC=CN1CC(=O)CN1C(=O)c2ccccc2C1=O. The van der Waals surface area contributed by atoms with Gasteiger partial charge in [-0.2, -0.15) is 0 Å². The molecule has 0 bridgehead atoms. The zero-order valence-corrected chi connectivity index (χ0v) is 12.7. The van der Waals surface area contributed by atoms with Crippen molar-refractivity contribution >= 4 is 17.6 Å². The van der Waals surface area contributed by atoms with E-state index >= 15 is 0 Å². The van der Waals surface area contributed by atoms with Gasteiger partial charge in [0.1, 0.15) is 6.26 Å². The molecule has 0 aromatic heterocycles. The van der Waals surface area contributed by atoms with E-state index in [4.69, 9.17) is 4.74 Å². The van der Waals surface area contributed by atoms with Crippen LogP contribution in [0.25, 0.3) is 0 Å². The lowest BCUT2D eigenvalue weighted by molar-refractivity contribution is -0.119. The number of Topliss-reactive ketones (excluding diaryl/α,β-unsaturated/α-hetero) is 1. The van der Waals surface area contributed by atoms with Gasteiger partial charge in [0.15, 0.2) is 11.7 Å². The predicted molar refractivity (Wildman–Crippen MR) is 82.1 cm³/mol. The van der Waals surface area contributed by atoms with Crippen LogP contribution >= 0.6 is 0 Å². The van der Waals surface area contributed by atoms with Crippen LogP contribution in [-0.4, -0.2) is 40.5 Å². The molecule has 0 spiro atoms. The van der Waals surface area contributed by atoms with Gasteiger partial charge in [-0.05, 0) is 24.6 Å². The van der Waals surface area contributed by atoms with Crippen molar-refractivity contribution in [1.82, 2.24) is 9.80 Å². The number of ketones is 1. The summed E-state index contributed by atoms with van der Waals surface area (Å²) in [4.78, 5) is 39.4. The first-order chi connectivity index (χ1) is 11.1. The van der Waals surface area contributed by atoms with Crippen LogP contribution in [-0.2, 0) is 9.53 Å². The minimum atomic E-state index is -0.420. The van der Waals surface area contributed by atoms with E-state index in [1.165, 1.54) is 6.26 Å². The van der Waals surface area contributed by atoms with Crippen molar-refractivity contribution in [3.63, 3.8) is 0 Å². The normalized spacial score (nSPS) is 17.9. The molecule has 0 saturated carbocycles. The maximum Gasteiger partial charge on any atom is 0.261 e. The molecule has 23 heavy (non-hydrogen) atoms. The van der Waals surface area contributed by atoms with Crippen molar-refractivity contribution in [1.29, 1.82) is 0 Å². The molecule has 6 heteroatoms. The minimum absolute atomic E-state index is 0.0513. The van der Waals surface area contributed by atoms with Gasteiger partial charge in [0.2, 0.25) is 0 Å². The molecular formula is C17H16N2O4. The van der Waals surface area contributed by atoms with E-state index in [1.807, 2.05) is 13.0 Å². The monoisotopic (exact) mass is 312 g/mol. The van der Waals surface area contributed by atoms with E-state index in [-0.39, 0.29) is 18.9 Å². The topological polar surface area (TPSA) is 66.9 Å². The van der Waals surface area contributed by atoms with Gasteiger partial charge in [-0.25, -0.2) is 0 Å². The summed E-state index contributed by atoms with van der Waals surface area (Å²) in [6.07, 6.45) is 5.79.